The van der Waals surface area contributed by atoms with Crippen LogP contribution in [0.2, 0.25) is 5.02 Å². The molecule has 0 bridgehead atoms. The van der Waals surface area contributed by atoms with Gasteiger partial charge in [0, 0.05) is 16.7 Å². The van der Waals surface area contributed by atoms with Crippen molar-refractivity contribution in [3.63, 3.8) is 0 Å². The standard InChI is InChI=1S/C13H10BrClFN/c14-11-4-2-1-3-9(11)8-17-10-5-6-12(15)13(16)7-10/h1-7,17H,8H2. The SMILES string of the molecule is Fc1cc(NCc2ccccc2Br)ccc1Cl. The first-order valence-corrected chi connectivity index (χ1v) is 6.26. The first-order chi connectivity index (χ1) is 8.16. The molecular formula is C13H10BrClFN. The van der Waals surface area contributed by atoms with Crippen molar-refractivity contribution >= 4 is 33.2 Å². The molecule has 0 aromatic heterocycles. The van der Waals surface area contributed by atoms with E-state index in [4.69, 9.17) is 11.6 Å². The molecule has 1 nitrogen and oxygen atoms in total. The summed E-state index contributed by atoms with van der Waals surface area (Å²) in [5.74, 6) is -0.413. The van der Waals surface area contributed by atoms with Gasteiger partial charge in [-0.1, -0.05) is 45.7 Å². The highest BCUT2D eigenvalue weighted by molar-refractivity contribution is 9.10. The Hall–Kier alpha value is -1.06. The normalized spacial score (nSPS) is 10.3. The number of hydrogen-bond acceptors (Lipinski definition) is 1. The molecule has 2 rings (SSSR count). The van der Waals surface area contributed by atoms with E-state index in [1.165, 1.54) is 6.07 Å². The van der Waals surface area contributed by atoms with Crippen LogP contribution < -0.4 is 5.32 Å². The van der Waals surface area contributed by atoms with Crippen LogP contribution in [0.5, 0.6) is 0 Å². The van der Waals surface area contributed by atoms with Crippen LogP contribution in [0.4, 0.5) is 10.1 Å². The molecule has 0 fully saturated rings. The average Bonchev–Trinajstić information content (AvgIpc) is 2.32. The van der Waals surface area contributed by atoms with Gasteiger partial charge in [0.05, 0.1) is 5.02 Å². The smallest absolute Gasteiger partial charge is 0.143 e. The quantitative estimate of drug-likeness (QED) is 0.853. The van der Waals surface area contributed by atoms with Gasteiger partial charge in [0.25, 0.3) is 0 Å². The van der Waals surface area contributed by atoms with Gasteiger partial charge in [0.2, 0.25) is 0 Å². The van der Waals surface area contributed by atoms with E-state index in [-0.39, 0.29) is 5.02 Å². The predicted molar refractivity (Wildman–Crippen MR) is 72.9 cm³/mol. The molecular weight excluding hydrogens is 305 g/mol. The fourth-order valence-corrected chi connectivity index (χ4v) is 1.99. The number of rotatable bonds is 3. The Labute approximate surface area is 113 Å². The second-order valence-corrected chi connectivity index (χ2v) is 4.84. The Balaban J connectivity index is 2.08. The van der Waals surface area contributed by atoms with Crippen LogP contribution in [0.1, 0.15) is 5.56 Å². The van der Waals surface area contributed by atoms with Crippen LogP contribution >= 0.6 is 27.5 Å². The topological polar surface area (TPSA) is 12.0 Å². The van der Waals surface area contributed by atoms with Crippen LogP contribution in [-0.2, 0) is 6.54 Å². The van der Waals surface area contributed by atoms with Crippen molar-refractivity contribution < 1.29 is 4.39 Å². The van der Waals surface area contributed by atoms with Crippen LogP contribution in [0.25, 0.3) is 0 Å². The van der Waals surface area contributed by atoms with Crippen LogP contribution in [0, 0.1) is 5.82 Å². The van der Waals surface area contributed by atoms with Gasteiger partial charge in [-0.3, -0.25) is 0 Å². The molecule has 0 heterocycles. The minimum absolute atomic E-state index is 0.136. The second-order valence-electron chi connectivity index (χ2n) is 3.57. The van der Waals surface area contributed by atoms with Crippen molar-refractivity contribution in [2.45, 2.75) is 6.54 Å². The highest BCUT2D eigenvalue weighted by atomic mass is 79.9. The van der Waals surface area contributed by atoms with Gasteiger partial charge in [-0.15, -0.1) is 0 Å². The number of hydrogen-bond donors (Lipinski definition) is 1. The molecule has 0 aliphatic heterocycles. The second kappa shape index (κ2) is 5.52. The Bertz CT molecular complexity index is 531. The highest BCUT2D eigenvalue weighted by Gasteiger charge is 2.02. The fourth-order valence-electron chi connectivity index (χ4n) is 1.45. The van der Waals surface area contributed by atoms with Gasteiger partial charge in [-0.05, 0) is 29.8 Å². The van der Waals surface area contributed by atoms with Crippen molar-refractivity contribution in [1.82, 2.24) is 0 Å². The van der Waals surface area contributed by atoms with E-state index < -0.39 is 5.82 Å². The summed E-state index contributed by atoms with van der Waals surface area (Å²) in [6.45, 7) is 0.627. The molecule has 0 saturated heterocycles. The molecule has 4 heteroatoms. The largest absolute Gasteiger partial charge is 0.381 e. The molecule has 0 aliphatic rings. The number of nitrogens with one attached hydrogen (secondary N) is 1. The average molecular weight is 315 g/mol. The molecule has 88 valence electrons. The lowest BCUT2D eigenvalue weighted by atomic mass is 10.2. The van der Waals surface area contributed by atoms with E-state index in [9.17, 15) is 4.39 Å². The van der Waals surface area contributed by atoms with Gasteiger partial charge < -0.3 is 5.32 Å². The van der Waals surface area contributed by atoms with Crippen molar-refractivity contribution in [2.75, 3.05) is 5.32 Å². The van der Waals surface area contributed by atoms with Gasteiger partial charge in [-0.2, -0.15) is 0 Å². The first kappa shape index (κ1) is 12.4. The van der Waals surface area contributed by atoms with Gasteiger partial charge in [0.15, 0.2) is 0 Å². The molecule has 2 aromatic rings. The van der Waals surface area contributed by atoms with Gasteiger partial charge in [-0.25, -0.2) is 4.39 Å². The maximum absolute atomic E-state index is 13.2. The number of anilines is 1. The zero-order valence-electron chi connectivity index (χ0n) is 8.88. The summed E-state index contributed by atoms with van der Waals surface area (Å²) < 4.78 is 14.2. The lowest BCUT2D eigenvalue weighted by Crippen LogP contribution is -2.00. The first-order valence-electron chi connectivity index (χ1n) is 5.09. The molecule has 0 saturated carbocycles. The minimum Gasteiger partial charge on any atom is -0.381 e. The van der Waals surface area contributed by atoms with E-state index in [0.717, 1.165) is 10.0 Å². The van der Waals surface area contributed by atoms with Gasteiger partial charge in [0.1, 0.15) is 5.82 Å². The summed E-state index contributed by atoms with van der Waals surface area (Å²) in [6, 6.07) is 12.6. The maximum atomic E-state index is 13.2. The zero-order chi connectivity index (χ0) is 12.3. The molecule has 0 spiro atoms. The monoisotopic (exact) mass is 313 g/mol. The number of benzene rings is 2. The summed E-state index contributed by atoms with van der Waals surface area (Å²) in [6.07, 6.45) is 0. The predicted octanol–water partition coefficient (Wildman–Crippen LogP) is 4.85. The minimum atomic E-state index is -0.413. The molecule has 0 unspecified atom stereocenters. The Morgan fingerprint density at radius 3 is 2.65 bits per heavy atom. The summed E-state index contributed by atoms with van der Waals surface area (Å²) in [7, 11) is 0. The van der Waals surface area contributed by atoms with Crippen molar-refractivity contribution in [1.29, 1.82) is 0 Å². The van der Waals surface area contributed by atoms with Crippen LogP contribution in [0.3, 0.4) is 0 Å². The third kappa shape index (κ3) is 3.20. The van der Waals surface area contributed by atoms with Crippen molar-refractivity contribution in [2.24, 2.45) is 0 Å². The van der Waals surface area contributed by atoms with E-state index in [1.807, 2.05) is 24.3 Å². The van der Waals surface area contributed by atoms with E-state index in [1.54, 1.807) is 12.1 Å². The van der Waals surface area contributed by atoms with E-state index >= 15 is 0 Å². The molecule has 0 radical (unpaired) electrons. The lowest BCUT2D eigenvalue weighted by Gasteiger charge is -2.08. The van der Waals surface area contributed by atoms with E-state index in [0.29, 0.717) is 12.2 Å². The van der Waals surface area contributed by atoms with Crippen molar-refractivity contribution in [3.05, 3.63) is 63.3 Å². The third-order valence-electron chi connectivity index (χ3n) is 2.36. The zero-order valence-corrected chi connectivity index (χ0v) is 11.2. The molecule has 0 aliphatic carbocycles. The van der Waals surface area contributed by atoms with Crippen molar-refractivity contribution in [3.8, 4) is 0 Å². The van der Waals surface area contributed by atoms with Crippen LogP contribution in [-0.4, -0.2) is 0 Å². The van der Waals surface area contributed by atoms with Gasteiger partial charge >= 0.3 is 0 Å². The summed E-state index contributed by atoms with van der Waals surface area (Å²) in [5.41, 5.74) is 1.82. The maximum Gasteiger partial charge on any atom is 0.143 e. The molecule has 1 N–H and O–H groups in total. The molecule has 2 aromatic carbocycles. The Morgan fingerprint density at radius 1 is 1.18 bits per heavy atom. The Kier molecular flexibility index (Phi) is 4.02. The summed E-state index contributed by atoms with van der Waals surface area (Å²) >= 11 is 9.07. The fraction of sp³-hybridized carbons (Fsp3) is 0.0769. The van der Waals surface area contributed by atoms with Crippen LogP contribution in [0.15, 0.2) is 46.9 Å². The molecule has 0 amide bonds. The summed E-state index contributed by atoms with van der Waals surface area (Å²) in [4.78, 5) is 0. The highest BCUT2D eigenvalue weighted by Crippen LogP contribution is 2.21. The molecule has 17 heavy (non-hydrogen) atoms. The number of halogens is 3. The lowest BCUT2D eigenvalue weighted by molar-refractivity contribution is 0.628. The molecule has 0 atom stereocenters. The summed E-state index contributed by atoms with van der Waals surface area (Å²) in [5, 5.41) is 3.28. The van der Waals surface area contributed by atoms with E-state index in [2.05, 4.69) is 21.2 Å². The third-order valence-corrected chi connectivity index (χ3v) is 3.44. The Morgan fingerprint density at radius 2 is 1.94 bits per heavy atom.